The fourth-order valence-electron chi connectivity index (χ4n) is 2.23. The normalized spacial score (nSPS) is 13.1. The number of nitrogens with zero attached hydrogens (tertiary/aromatic N) is 2. The largest absolute Gasteiger partial charge is 0.416 e. The summed E-state index contributed by atoms with van der Waals surface area (Å²) in [7, 11) is -1.67. The van der Waals surface area contributed by atoms with E-state index in [9.17, 15) is 21.6 Å². The minimum atomic E-state index is -4.38. The Balaban J connectivity index is 2.61. The SMILES string of the molecule is CCNC(=NCc1cccc(C(F)(F)F)c1)NCCCN(C)S(=O)(=O)CC. The molecule has 1 aromatic carbocycles. The Labute approximate surface area is 158 Å². The van der Waals surface area contributed by atoms with E-state index in [1.165, 1.54) is 17.4 Å². The maximum atomic E-state index is 12.8. The molecule has 154 valence electrons. The highest BCUT2D eigenvalue weighted by Gasteiger charge is 2.30. The minimum absolute atomic E-state index is 0.0536. The lowest BCUT2D eigenvalue weighted by molar-refractivity contribution is -0.137. The van der Waals surface area contributed by atoms with Gasteiger partial charge in [0.25, 0.3) is 0 Å². The van der Waals surface area contributed by atoms with Gasteiger partial charge in [-0.05, 0) is 38.0 Å². The number of benzene rings is 1. The Morgan fingerprint density at radius 2 is 1.93 bits per heavy atom. The number of hydrogen-bond acceptors (Lipinski definition) is 3. The summed E-state index contributed by atoms with van der Waals surface area (Å²) in [5.41, 5.74) is -0.246. The summed E-state index contributed by atoms with van der Waals surface area (Å²) in [6, 6.07) is 5.06. The molecule has 0 amide bonds. The number of rotatable bonds is 9. The van der Waals surface area contributed by atoms with Crippen molar-refractivity contribution in [3.8, 4) is 0 Å². The number of alkyl halides is 3. The summed E-state index contributed by atoms with van der Waals surface area (Å²) in [6.45, 7) is 5.02. The molecule has 6 nitrogen and oxygen atoms in total. The lowest BCUT2D eigenvalue weighted by atomic mass is 10.1. The van der Waals surface area contributed by atoms with Crippen molar-refractivity contribution in [2.75, 3.05) is 32.4 Å². The van der Waals surface area contributed by atoms with Crippen LogP contribution >= 0.6 is 0 Å². The third-order valence-electron chi connectivity index (χ3n) is 3.80. The van der Waals surface area contributed by atoms with Crippen molar-refractivity contribution in [2.24, 2.45) is 4.99 Å². The molecule has 2 N–H and O–H groups in total. The van der Waals surface area contributed by atoms with Crippen LogP contribution in [0.1, 0.15) is 31.4 Å². The summed E-state index contributed by atoms with van der Waals surface area (Å²) in [5.74, 6) is 0.522. The number of guanidine groups is 1. The van der Waals surface area contributed by atoms with Crippen LogP contribution in [0.3, 0.4) is 0 Å². The van der Waals surface area contributed by atoms with Gasteiger partial charge in [-0.25, -0.2) is 17.7 Å². The van der Waals surface area contributed by atoms with E-state index in [0.717, 1.165) is 12.1 Å². The molecular weight excluding hydrogens is 381 g/mol. The van der Waals surface area contributed by atoms with Crippen molar-refractivity contribution in [3.63, 3.8) is 0 Å². The zero-order chi connectivity index (χ0) is 20.5. The molecule has 0 bridgehead atoms. The maximum absolute atomic E-state index is 12.8. The van der Waals surface area contributed by atoms with Crippen LogP contribution in [0, 0.1) is 0 Å². The molecule has 0 fully saturated rings. The van der Waals surface area contributed by atoms with Gasteiger partial charge >= 0.3 is 6.18 Å². The van der Waals surface area contributed by atoms with Crippen LogP contribution in [0.25, 0.3) is 0 Å². The van der Waals surface area contributed by atoms with Gasteiger partial charge in [-0.2, -0.15) is 13.2 Å². The predicted molar refractivity (Wildman–Crippen MR) is 101 cm³/mol. The second-order valence-electron chi connectivity index (χ2n) is 5.90. The molecule has 0 atom stereocenters. The zero-order valence-corrected chi connectivity index (χ0v) is 16.6. The molecule has 0 aliphatic rings. The monoisotopic (exact) mass is 408 g/mol. The summed E-state index contributed by atoms with van der Waals surface area (Å²) in [6.07, 6.45) is -3.81. The first kappa shape index (κ1) is 23.2. The number of hydrogen-bond donors (Lipinski definition) is 2. The van der Waals surface area contributed by atoms with E-state index < -0.39 is 21.8 Å². The summed E-state index contributed by atoms with van der Waals surface area (Å²) >= 11 is 0. The molecular formula is C17H27F3N4O2S. The van der Waals surface area contributed by atoms with Gasteiger partial charge in [-0.15, -0.1) is 0 Å². The fourth-order valence-corrected chi connectivity index (χ4v) is 3.07. The number of sulfonamides is 1. The molecule has 0 heterocycles. The molecule has 0 aliphatic carbocycles. The molecule has 1 rings (SSSR count). The van der Waals surface area contributed by atoms with Gasteiger partial charge in [0.2, 0.25) is 10.0 Å². The highest BCUT2D eigenvalue weighted by molar-refractivity contribution is 7.89. The quantitative estimate of drug-likeness (QED) is 0.374. The highest BCUT2D eigenvalue weighted by Crippen LogP contribution is 2.29. The van der Waals surface area contributed by atoms with Gasteiger partial charge in [0.15, 0.2) is 5.96 Å². The maximum Gasteiger partial charge on any atom is 0.416 e. The molecule has 27 heavy (non-hydrogen) atoms. The van der Waals surface area contributed by atoms with Gasteiger partial charge < -0.3 is 10.6 Å². The molecule has 0 saturated carbocycles. The first-order valence-corrected chi connectivity index (χ1v) is 10.3. The second kappa shape index (κ2) is 10.5. The summed E-state index contributed by atoms with van der Waals surface area (Å²) < 4.78 is 62.9. The van der Waals surface area contributed by atoms with Crippen LogP contribution in [0.5, 0.6) is 0 Å². The second-order valence-corrected chi connectivity index (χ2v) is 8.26. The van der Waals surface area contributed by atoms with Crippen LogP contribution < -0.4 is 10.6 Å². The van der Waals surface area contributed by atoms with Crippen LogP contribution in [0.2, 0.25) is 0 Å². The van der Waals surface area contributed by atoms with Crippen molar-refractivity contribution in [1.29, 1.82) is 0 Å². The molecule has 0 saturated heterocycles. The third kappa shape index (κ3) is 8.17. The Kier molecular flexibility index (Phi) is 9.04. The van der Waals surface area contributed by atoms with Crippen molar-refractivity contribution < 1.29 is 21.6 Å². The third-order valence-corrected chi connectivity index (χ3v) is 5.66. The average molecular weight is 408 g/mol. The molecule has 0 aliphatic heterocycles. The topological polar surface area (TPSA) is 73.8 Å². The lowest BCUT2D eigenvalue weighted by Crippen LogP contribution is -2.39. The Bertz CT molecular complexity index is 721. The van der Waals surface area contributed by atoms with E-state index >= 15 is 0 Å². The predicted octanol–water partition coefficient (Wildman–Crippen LogP) is 2.43. The standard InChI is InChI=1S/C17H27F3N4O2S/c1-4-21-16(22-10-7-11-24(3)27(25,26)5-2)23-13-14-8-6-9-15(12-14)17(18,19)20/h6,8-9,12H,4-5,7,10-11,13H2,1-3H3,(H2,21,22,23). The van der Waals surface area contributed by atoms with E-state index in [4.69, 9.17) is 0 Å². The van der Waals surface area contributed by atoms with Gasteiger partial charge in [0.05, 0.1) is 17.9 Å². The first-order valence-electron chi connectivity index (χ1n) is 8.72. The van der Waals surface area contributed by atoms with Crippen LogP contribution in [-0.2, 0) is 22.7 Å². The van der Waals surface area contributed by atoms with Gasteiger partial charge in [-0.1, -0.05) is 12.1 Å². The molecule has 0 unspecified atom stereocenters. The van der Waals surface area contributed by atoms with Crippen molar-refractivity contribution in [2.45, 2.75) is 33.0 Å². The smallest absolute Gasteiger partial charge is 0.357 e. The molecule has 0 aromatic heterocycles. The molecule has 10 heteroatoms. The Morgan fingerprint density at radius 1 is 1.22 bits per heavy atom. The summed E-state index contributed by atoms with van der Waals surface area (Å²) in [5, 5.41) is 6.07. The minimum Gasteiger partial charge on any atom is -0.357 e. The van der Waals surface area contributed by atoms with Crippen molar-refractivity contribution in [3.05, 3.63) is 35.4 Å². The average Bonchev–Trinajstić information content (AvgIpc) is 2.62. The zero-order valence-electron chi connectivity index (χ0n) is 15.8. The van der Waals surface area contributed by atoms with Crippen LogP contribution in [-0.4, -0.2) is 51.1 Å². The Hall–Kier alpha value is -1.81. The Morgan fingerprint density at radius 3 is 2.52 bits per heavy atom. The van der Waals surface area contributed by atoms with E-state index in [2.05, 4.69) is 15.6 Å². The number of nitrogens with one attached hydrogen (secondary N) is 2. The lowest BCUT2D eigenvalue weighted by Gasteiger charge is -2.16. The van der Waals surface area contributed by atoms with Crippen molar-refractivity contribution >= 4 is 16.0 Å². The molecule has 0 radical (unpaired) electrons. The molecule has 1 aromatic rings. The van der Waals surface area contributed by atoms with E-state index in [1.54, 1.807) is 13.0 Å². The van der Waals surface area contributed by atoms with Crippen molar-refractivity contribution in [1.82, 2.24) is 14.9 Å². The van der Waals surface area contributed by atoms with Crippen LogP contribution in [0.4, 0.5) is 13.2 Å². The van der Waals surface area contributed by atoms with Crippen LogP contribution in [0.15, 0.2) is 29.3 Å². The fraction of sp³-hybridized carbons (Fsp3) is 0.588. The first-order chi connectivity index (χ1) is 12.6. The summed E-state index contributed by atoms with van der Waals surface area (Å²) in [4.78, 5) is 4.28. The van der Waals surface area contributed by atoms with E-state index in [0.29, 0.717) is 37.6 Å². The van der Waals surface area contributed by atoms with Gasteiger partial charge in [-0.3, -0.25) is 0 Å². The van der Waals surface area contributed by atoms with Gasteiger partial charge in [0.1, 0.15) is 0 Å². The van der Waals surface area contributed by atoms with E-state index in [1.807, 2.05) is 6.92 Å². The van der Waals surface area contributed by atoms with E-state index in [-0.39, 0.29) is 12.3 Å². The number of aliphatic imine (C=N–C) groups is 1. The molecule has 0 spiro atoms. The number of halogens is 3. The highest BCUT2D eigenvalue weighted by atomic mass is 32.2. The van der Waals surface area contributed by atoms with Gasteiger partial charge in [0, 0.05) is 26.7 Å².